The van der Waals surface area contributed by atoms with Crippen molar-refractivity contribution in [3.8, 4) is 5.75 Å². The zero-order chi connectivity index (χ0) is 17.9. The third kappa shape index (κ3) is 7.20. The van der Waals surface area contributed by atoms with Crippen molar-refractivity contribution in [2.24, 2.45) is 5.73 Å². The molecule has 0 aliphatic heterocycles. The molecule has 24 heavy (non-hydrogen) atoms. The normalized spacial score (nSPS) is 13.0. The molecule has 0 saturated heterocycles. The number of hydrogen-bond donors (Lipinski definition) is 4. The number of ether oxygens (including phenoxy) is 1. The minimum atomic E-state index is -1.36. The highest BCUT2D eigenvalue weighted by atomic mass is 32.2. The van der Waals surface area contributed by atoms with E-state index in [9.17, 15) is 14.7 Å². The molecular formula is C16H25N3O4S. The first-order valence-corrected chi connectivity index (χ1v) is 8.86. The van der Waals surface area contributed by atoms with Gasteiger partial charge in [-0.05, 0) is 35.6 Å². The van der Waals surface area contributed by atoms with Gasteiger partial charge in [-0.1, -0.05) is 19.1 Å². The van der Waals surface area contributed by atoms with Crippen LogP contribution in [-0.2, 0) is 16.0 Å². The molecule has 0 bridgehead atoms. The highest BCUT2D eigenvalue weighted by Crippen LogP contribution is 2.11. The van der Waals surface area contributed by atoms with E-state index in [1.54, 1.807) is 43.1 Å². The number of methoxy groups -OCH3 is 1. The fourth-order valence-corrected chi connectivity index (χ4v) is 2.62. The van der Waals surface area contributed by atoms with E-state index < -0.39 is 24.0 Å². The fourth-order valence-electron chi connectivity index (χ4n) is 1.89. The SMILES string of the molecule is CCSCC[C@@H](N)C(O)C(=O)NNC(=O)Cc1ccc(OC)cc1. The van der Waals surface area contributed by atoms with Gasteiger partial charge in [-0.25, -0.2) is 0 Å². The first-order valence-electron chi connectivity index (χ1n) is 7.71. The van der Waals surface area contributed by atoms with Crippen LogP contribution in [0.5, 0.6) is 5.75 Å². The van der Waals surface area contributed by atoms with E-state index in [1.807, 2.05) is 6.92 Å². The van der Waals surface area contributed by atoms with Crippen LogP contribution >= 0.6 is 11.8 Å². The molecule has 1 rings (SSSR count). The predicted octanol–water partition coefficient (Wildman–Crippen LogP) is 0.217. The number of benzene rings is 1. The molecule has 0 aromatic heterocycles. The molecule has 7 nitrogen and oxygen atoms in total. The van der Waals surface area contributed by atoms with Crippen molar-refractivity contribution < 1.29 is 19.4 Å². The van der Waals surface area contributed by atoms with Crippen LogP contribution in [0.4, 0.5) is 0 Å². The quantitative estimate of drug-likeness (QED) is 0.372. The summed E-state index contributed by atoms with van der Waals surface area (Å²) in [5.41, 5.74) is 11.0. The Hall–Kier alpha value is -1.77. The van der Waals surface area contributed by atoms with E-state index in [2.05, 4.69) is 10.9 Å². The van der Waals surface area contributed by atoms with E-state index in [0.717, 1.165) is 17.1 Å². The van der Waals surface area contributed by atoms with Gasteiger partial charge in [0.05, 0.1) is 13.5 Å². The minimum Gasteiger partial charge on any atom is -0.497 e. The highest BCUT2D eigenvalue weighted by molar-refractivity contribution is 7.99. The Labute approximate surface area is 146 Å². The Bertz CT molecular complexity index is 525. The summed E-state index contributed by atoms with van der Waals surface area (Å²) in [4.78, 5) is 23.6. The second-order valence-corrected chi connectivity index (χ2v) is 6.55. The van der Waals surface area contributed by atoms with E-state index in [0.29, 0.717) is 12.2 Å². The highest BCUT2D eigenvalue weighted by Gasteiger charge is 2.22. The number of aliphatic hydroxyl groups is 1. The average molecular weight is 355 g/mol. The maximum Gasteiger partial charge on any atom is 0.268 e. The predicted molar refractivity (Wildman–Crippen MR) is 94.6 cm³/mol. The van der Waals surface area contributed by atoms with Gasteiger partial charge in [0.15, 0.2) is 0 Å². The lowest BCUT2D eigenvalue weighted by Crippen LogP contribution is -2.52. The van der Waals surface area contributed by atoms with Gasteiger partial charge >= 0.3 is 0 Å². The fraction of sp³-hybridized carbons (Fsp3) is 0.500. The minimum absolute atomic E-state index is 0.0968. The van der Waals surface area contributed by atoms with E-state index in [-0.39, 0.29) is 6.42 Å². The van der Waals surface area contributed by atoms with E-state index in [4.69, 9.17) is 10.5 Å². The third-order valence-corrected chi connectivity index (χ3v) is 4.26. The molecule has 0 radical (unpaired) electrons. The van der Waals surface area contributed by atoms with Crippen molar-refractivity contribution in [3.63, 3.8) is 0 Å². The molecule has 8 heteroatoms. The number of carbonyl (C=O) groups excluding carboxylic acids is 2. The second kappa shape index (κ2) is 10.9. The second-order valence-electron chi connectivity index (χ2n) is 5.16. The van der Waals surface area contributed by atoms with Gasteiger partial charge in [0.1, 0.15) is 11.9 Å². The Kier molecular flexibility index (Phi) is 9.21. The molecule has 0 fully saturated rings. The number of hydrazine groups is 1. The summed E-state index contributed by atoms with van der Waals surface area (Å²) < 4.78 is 5.04. The molecule has 0 spiro atoms. The Morgan fingerprint density at radius 3 is 2.54 bits per heavy atom. The number of rotatable bonds is 9. The number of aliphatic hydroxyl groups excluding tert-OH is 1. The van der Waals surface area contributed by atoms with Crippen LogP contribution in [0.1, 0.15) is 18.9 Å². The van der Waals surface area contributed by atoms with Gasteiger partial charge in [-0.3, -0.25) is 20.4 Å². The van der Waals surface area contributed by atoms with Crippen LogP contribution in [0.2, 0.25) is 0 Å². The molecule has 2 amide bonds. The lowest BCUT2D eigenvalue weighted by molar-refractivity contribution is -0.134. The summed E-state index contributed by atoms with van der Waals surface area (Å²) in [6.07, 6.45) is -0.740. The summed E-state index contributed by atoms with van der Waals surface area (Å²) in [7, 11) is 1.56. The summed E-state index contributed by atoms with van der Waals surface area (Å²) in [5.74, 6) is 1.32. The van der Waals surface area contributed by atoms with Crippen LogP contribution in [0.15, 0.2) is 24.3 Å². The summed E-state index contributed by atoms with van der Waals surface area (Å²) >= 11 is 1.69. The molecule has 0 aliphatic carbocycles. The lowest BCUT2D eigenvalue weighted by atomic mass is 10.1. The van der Waals surface area contributed by atoms with Crippen LogP contribution < -0.4 is 21.3 Å². The molecule has 1 aromatic carbocycles. The van der Waals surface area contributed by atoms with Crippen molar-refractivity contribution in [1.82, 2.24) is 10.9 Å². The molecular weight excluding hydrogens is 330 g/mol. The summed E-state index contributed by atoms with van der Waals surface area (Å²) in [6, 6.07) is 6.35. The number of nitrogens with two attached hydrogens (primary N) is 1. The van der Waals surface area contributed by atoms with Gasteiger partial charge in [-0.2, -0.15) is 11.8 Å². The zero-order valence-electron chi connectivity index (χ0n) is 14.0. The van der Waals surface area contributed by atoms with Crippen LogP contribution in [0.25, 0.3) is 0 Å². The summed E-state index contributed by atoms with van der Waals surface area (Å²) in [6.45, 7) is 2.03. The van der Waals surface area contributed by atoms with Crippen LogP contribution in [-0.4, -0.2) is 47.7 Å². The molecule has 0 heterocycles. The number of nitrogens with one attached hydrogen (secondary N) is 2. The number of hydrogen-bond acceptors (Lipinski definition) is 6. The maximum absolute atomic E-state index is 11.8. The van der Waals surface area contributed by atoms with Crippen LogP contribution in [0.3, 0.4) is 0 Å². The van der Waals surface area contributed by atoms with Gasteiger partial charge in [0, 0.05) is 6.04 Å². The van der Waals surface area contributed by atoms with Crippen molar-refractivity contribution in [2.75, 3.05) is 18.6 Å². The Morgan fingerprint density at radius 2 is 1.96 bits per heavy atom. The molecule has 0 saturated carbocycles. The van der Waals surface area contributed by atoms with Gasteiger partial charge in [-0.15, -0.1) is 0 Å². The first-order chi connectivity index (χ1) is 11.5. The molecule has 2 atom stereocenters. The lowest BCUT2D eigenvalue weighted by Gasteiger charge is -2.18. The van der Waals surface area contributed by atoms with Crippen molar-refractivity contribution in [3.05, 3.63) is 29.8 Å². The molecule has 0 aliphatic rings. The topological polar surface area (TPSA) is 114 Å². The number of thioether (sulfide) groups is 1. The molecule has 134 valence electrons. The van der Waals surface area contributed by atoms with Crippen molar-refractivity contribution in [1.29, 1.82) is 0 Å². The smallest absolute Gasteiger partial charge is 0.268 e. The van der Waals surface area contributed by atoms with E-state index >= 15 is 0 Å². The standard InChI is InChI=1S/C16H25N3O4S/c1-3-24-9-8-13(17)15(21)16(22)19-18-14(20)10-11-4-6-12(23-2)7-5-11/h4-7,13,15,21H,3,8-10,17H2,1-2H3,(H,18,20)(H,19,22)/t13-,15?/m1/s1. The van der Waals surface area contributed by atoms with Gasteiger partial charge in [0.25, 0.3) is 5.91 Å². The Morgan fingerprint density at radius 1 is 1.29 bits per heavy atom. The van der Waals surface area contributed by atoms with Gasteiger partial charge in [0.2, 0.25) is 5.91 Å². The van der Waals surface area contributed by atoms with Crippen molar-refractivity contribution in [2.45, 2.75) is 31.9 Å². The van der Waals surface area contributed by atoms with Crippen molar-refractivity contribution >= 4 is 23.6 Å². The molecule has 1 aromatic rings. The molecule has 1 unspecified atom stereocenters. The summed E-state index contributed by atoms with van der Waals surface area (Å²) in [5, 5.41) is 9.83. The Balaban J connectivity index is 2.35. The number of carbonyl (C=O) groups is 2. The zero-order valence-corrected chi connectivity index (χ0v) is 14.8. The third-order valence-electron chi connectivity index (χ3n) is 3.32. The van der Waals surface area contributed by atoms with E-state index in [1.165, 1.54) is 0 Å². The molecule has 5 N–H and O–H groups in total. The monoisotopic (exact) mass is 355 g/mol. The maximum atomic E-state index is 11.8. The largest absolute Gasteiger partial charge is 0.497 e. The first kappa shape index (κ1) is 20.3. The van der Waals surface area contributed by atoms with Crippen LogP contribution in [0, 0.1) is 0 Å². The van der Waals surface area contributed by atoms with Gasteiger partial charge < -0.3 is 15.6 Å². The average Bonchev–Trinajstić information content (AvgIpc) is 2.59. The number of amides is 2.